The van der Waals surface area contributed by atoms with E-state index in [-0.39, 0.29) is 18.3 Å². The highest BCUT2D eigenvalue weighted by Gasteiger charge is 2.31. The first-order chi connectivity index (χ1) is 11.1. The zero-order valence-electron chi connectivity index (χ0n) is 12.5. The van der Waals surface area contributed by atoms with Gasteiger partial charge >= 0.3 is 11.6 Å². The third-order valence-electron chi connectivity index (χ3n) is 4.26. The Morgan fingerprint density at radius 3 is 2.61 bits per heavy atom. The van der Waals surface area contributed by atoms with Gasteiger partial charge in [-0.3, -0.25) is 4.79 Å². The molecular formula is C19H14O4. The van der Waals surface area contributed by atoms with E-state index in [1.54, 1.807) is 6.07 Å². The van der Waals surface area contributed by atoms with Crippen LogP contribution in [-0.2, 0) is 4.79 Å². The van der Waals surface area contributed by atoms with Gasteiger partial charge in [0.15, 0.2) is 0 Å². The summed E-state index contributed by atoms with van der Waals surface area (Å²) in [5, 5.41) is 0.863. The van der Waals surface area contributed by atoms with Crippen LogP contribution in [0.2, 0.25) is 0 Å². The van der Waals surface area contributed by atoms with E-state index in [9.17, 15) is 9.59 Å². The minimum atomic E-state index is -0.396. The summed E-state index contributed by atoms with van der Waals surface area (Å²) in [5.74, 6) is 0.0122. The minimum Gasteiger partial charge on any atom is -0.426 e. The van der Waals surface area contributed by atoms with Crippen LogP contribution < -0.4 is 10.4 Å². The molecule has 0 N–H and O–H groups in total. The quantitative estimate of drug-likeness (QED) is 0.392. The first kappa shape index (κ1) is 13.8. The van der Waals surface area contributed by atoms with Crippen molar-refractivity contribution in [3.63, 3.8) is 0 Å². The molecule has 0 fully saturated rings. The number of esters is 1. The number of carbonyl (C=O) groups is 1. The van der Waals surface area contributed by atoms with E-state index in [0.29, 0.717) is 11.3 Å². The standard InChI is InChI=1S/C19H14O4/c1-11-9-16(20)23-19-13(11)7-8-15-18(19)14(10-17(21)22-15)12-5-3-2-4-6-12/h2-9,14H,10H2,1H3/t14-/m0/s1. The lowest BCUT2D eigenvalue weighted by Gasteiger charge is -2.25. The maximum Gasteiger partial charge on any atom is 0.336 e. The van der Waals surface area contributed by atoms with Crippen molar-refractivity contribution in [2.75, 3.05) is 0 Å². The lowest BCUT2D eigenvalue weighted by molar-refractivity contribution is -0.135. The van der Waals surface area contributed by atoms with Gasteiger partial charge in [0.2, 0.25) is 0 Å². The highest BCUT2D eigenvalue weighted by molar-refractivity contribution is 5.89. The van der Waals surface area contributed by atoms with Gasteiger partial charge in [-0.2, -0.15) is 0 Å². The Kier molecular flexibility index (Phi) is 3.05. The van der Waals surface area contributed by atoms with Crippen molar-refractivity contribution >= 4 is 16.9 Å². The largest absolute Gasteiger partial charge is 0.426 e. The molecule has 4 heteroatoms. The van der Waals surface area contributed by atoms with Crippen LogP contribution in [0.1, 0.15) is 29.0 Å². The average Bonchev–Trinajstić information content (AvgIpc) is 2.54. The van der Waals surface area contributed by atoms with Crippen molar-refractivity contribution in [2.24, 2.45) is 0 Å². The van der Waals surface area contributed by atoms with Crippen LogP contribution in [-0.4, -0.2) is 5.97 Å². The second kappa shape index (κ2) is 5.09. The van der Waals surface area contributed by atoms with E-state index < -0.39 is 5.63 Å². The van der Waals surface area contributed by atoms with Crippen molar-refractivity contribution in [1.29, 1.82) is 0 Å². The van der Waals surface area contributed by atoms with E-state index in [2.05, 4.69) is 0 Å². The van der Waals surface area contributed by atoms with Crippen molar-refractivity contribution in [2.45, 2.75) is 19.3 Å². The molecule has 1 atom stereocenters. The molecule has 0 amide bonds. The molecule has 0 saturated carbocycles. The molecule has 0 aliphatic carbocycles. The van der Waals surface area contributed by atoms with Crippen molar-refractivity contribution < 1.29 is 13.9 Å². The van der Waals surface area contributed by atoms with Gasteiger partial charge in [-0.15, -0.1) is 0 Å². The summed E-state index contributed by atoms with van der Waals surface area (Å²) >= 11 is 0. The predicted octanol–water partition coefficient (Wildman–Crippen LogP) is 3.54. The fourth-order valence-corrected chi connectivity index (χ4v) is 3.21. The number of fused-ring (bicyclic) bond motifs is 3. The smallest absolute Gasteiger partial charge is 0.336 e. The molecule has 2 heterocycles. The fraction of sp³-hybridized carbons (Fsp3) is 0.158. The summed E-state index contributed by atoms with van der Waals surface area (Å²) in [5.41, 5.74) is 2.74. The van der Waals surface area contributed by atoms with E-state index in [1.807, 2.05) is 43.3 Å². The zero-order valence-corrected chi connectivity index (χ0v) is 12.5. The van der Waals surface area contributed by atoms with Gasteiger partial charge in [-0.05, 0) is 30.2 Å². The predicted molar refractivity (Wildman–Crippen MR) is 85.8 cm³/mol. The highest BCUT2D eigenvalue weighted by Crippen LogP contribution is 2.42. The number of ether oxygens (including phenoxy) is 1. The molecule has 4 nitrogen and oxygen atoms in total. The van der Waals surface area contributed by atoms with Gasteiger partial charge < -0.3 is 9.15 Å². The van der Waals surface area contributed by atoms with Gasteiger partial charge in [-0.25, -0.2) is 4.79 Å². The van der Waals surface area contributed by atoms with Crippen LogP contribution in [0.25, 0.3) is 11.0 Å². The Balaban J connectivity index is 2.06. The number of aryl methyl sites for hydroxylation is 1. The normalized spacial score (nSPS) is 16.9. The second-order valence-corrected chi connectivity index (χ2v) is 5.74. The molecule has 1 aliphatic heterocycles. The molecule has 1 aromatic heterocycles. The Morgan fingerprint density at radius 2 is 1.83 bits per heavy atom. The van der Waals surface area contributed by atoms with Gasteiger partial charge in [0.1, 0.15) is 11.3 Å². The summed E-state index contributed by atoms with van der Waals surface area (Å²) in [6, 6.07) is 14.8. The van der Waals surface area contributed by atoms with E-state index >= 15 is 0 Å². The van der Waals surface area contributed by atoms with Crippen molar-refractivity contribution in [3.05, 3.63) is 75.6 Å². The first-order valence-electron chi connectivity index (χ1n) is 7.46. The molecule has 0 unspecified atom stereocenters. The van der Waals surface area contributed by atoms with E-state index in [0.717, 1.165) is 22.1 Å². The molecule has 0 bridgehead atoms. The molecule has 4 rings (SSSR count). The van der Waals surface area contributed by atoms with Crippen LogP contribution in [0.3, 0.4) is 0 Å². The summed E-state index contributed by atoms with van der Waals surface area (Å²) in [6.45, 7) is 1.87. The SMILES string of the molecule is Cc1cc(=O)oc2c3c(ccc12)OC(=O)C[C@H]3c1ccccc1. The summed E-state index contributed by atoms with van der Waals surface area (Å²) in [7, 11) is 0. The Bertz CT molecular complexity index is 970. The second-order valence-electron chi connectivity index (χ2n) is 5.74. The number of hydrogen-bond donors (Lipinski definition) is 0. The average molecular weight is 306 g/mol. The number of hydrogen-bond acceptors (Lipinski definition) is 4. The molecule has 0 radical (unpaired) electrons. The maximum atomic E-state index is 12.0. The molecule has 2 aromatic carbocycles. The van der Waals surface area contributed by atoms with Gasteiger partial charge in [0.25, 0.3) is 0 Å². The molecule has 0 saturated heterocycles. The lowest BCUT2D eigenvalue weighted by Crippen LogP contribution is -2.21. The van der Waals surface area contributed by atoms with Gasteiger partial charge in [0.05, 0.1) is 6.42 Å². The van der Waals surface area contributed by atoms with Crippen LogP contribution in [0.5, 0.6) is 5.75 Å². The fourth-order valence-electron chi connectivity index (χ4n) is 3.21. The minimum absolute atomic E-state index is 0.180. The third kappa shape index (κ3) is 2.23. The zero-order chi connectivity index (χ0) is 16.0. The summed E-state index contributed by atoms with van der Waals surface area (Å²) in [6.07, 6.45) is 0.230. The summed E-state index contributed by atoms with van der Waals surface area (Å²) < 4.78 is 10.9. The molecule has 3 aromatic rings. The van der Waals surface area contributed by atoms with Gasteiger partial charge in [-0.1, -0.05) is 30.3 Å². The first-order valence-corrected chi connectivity index (χ1v) is 7.46. The molecule has 23 heavy (non-hydrogen) atoms. The Labute approximate surface area is 132 Å². The maximum absolute atomic E-state index is 12.0. The Morgan fingerprint density at radius 1 is 1.04 bits per heavy atom. The van der Waals surface area contributed by atoms with Crippen molar-refractivity contribution in [3.8, 4) is 5.75 Å². The van der Waals surface area contributed by atoms with Gasteiger partial charge in [0, 0.05) is 22.9 Å². The van der Waals surface area contributed by atoms with Crippen LogP contribution >= 0.6 is 0 Å². The topological polar surface area (TPSA) is 56.5 Å². The monoisotopic (exact) mass is 306 g/mol. The number of benzene rings is 2. The third-order valence-corrected chi connectivity index (χ3v) is 4.26. The lowest BCUT2D eigenvalue weighted by atomic mass is 9.85. The molecule has 1 aliphatic rings. The van der Waals surface area contributed by atoms with Crippen LogP contribution in [0.4, 0.5) is 0 Å². The van der Waals surface area contributed by atoms with Crippen LogP contribution in [0, 0.1) is 6.92 Å². The summed E-state index contributed by atoms with van der Waals surface area (Å²) in [4.78, 5) is 23.8. The van der Waals surface area contributed by atoms with Crippen LogP contribution in [0.15, 0.2) is 57.7 Å². The molecule has 114 valence electrons. The highest BCUT2D eigenvalue weighted by atomic mass is 16.5. The van der Waals surface area contributed by atoms with Crippen molar-refractivity contribution in [1.82, 2.24) is 0 Å². The molecular weight excluding hydrogens is 292 g/mol. The number of rotatable bonds is 1. The number of carbonyl (C=O) groups excluding carboxylic acids is 1. The van der Waals surface area contributed by atoms with E-state index in [1.165, 1.54) is 6.07 Å². The Hall–Kier alpha value is -2.88. The molecule has 0 spiro atoms. The van der Waals surface area contributed by atoms with E-state index in [4.69, 9.17) is 9.15 Å².